The van der Waals surface area contributed by atoms with Crippen molar-refractivity contribution in [3.05, 3.63) is 12.2 Å². The first-order valence-corrected chi connectivity index (χ1v) is 22.6. The van der Waals surface area contributed by atoms with Crippen LogP contribution in [0.3, 0.4) is 0 Å². The van der Waals surface area contributed by atoms with Crippen LogP contribution in [0, 0.1) is 0 Å². The second-order valence-electron chi connectivity index (χ2n) is 10.4. The lowest BCUT2D eigenvalue weighted by Gasteiger charge is -2.42. The maximum atomic E-state index is 11.9. The summed E-state index contributed by atoms with van der Waals surface area (Å²) < 4.78 is 29.9. The van der Waals surface area contributed by atoms with Crippen LogP contribution in [0.5, 0.6) is 0 Å². The van der Waals surface area contributed by atoms with E-state index in [0.29, 0.717) is 12.5 Å². The molecule has 0 bridgehead atoms. The Hall–Kier alpha value is -0.572. The summed E-state index contributed by atoms with van der Waals surface area (Å²) in [6, 6.07) is 0.595. The van der Waals surface area contributed by atoms with E-state index in [9.17, 15) is 9.59 Å². The highest BCUT2D eigenvalue weighted by molar-refractivity contribution is 6.90. The van der Waals surface area contributed by atoms with Gasteiger partial charge in [-0.3, -0.25) is 0 Å². The molecule has 0 radical (unpaired) electrons. The first-order valence-electron chi connectivity index (χ1n) is 10.5. The Balaban J connectivity index is 5.09. The molecule has 0 fully saturated rings. The van der Waals surface area contributed by atoms with Crippen LogP contribution >= 0.6 is 0 Å². The normalized spacial score (nSPS) is 13.7. The summed E-state index contributed by atoms with van der Waals surface area (Å²) >= 11 is 0. The third-order valence-corrected chi connectivity index (χ3v) is 15.0. The van der Waals surface area contributed by atoms with Crippen LogP contribution in [0.2, 0.25) is 65.0 Å². The van der Waals surface area contributed by atoms with Gasteiger partial charge in [-0.15, -0.1) is 0 Å². The third-order valence-electron chi connectivity index (χ3n) is 2.96. The zero-order valence-corrected chi connectivity index (χ0v) is 24.7. The molecule has 11 heteroatoms. The molecule has 0 unspecified atom stereocenters. The zero-order valence-electron chi connectivity index (χ0n) is 20.7. The third kappa shape index (κ3) is 16.2. The van der Waals surface area contributed by atoms with Gasteiger partial charge in [0.2, 0.25) is 0 Å². The van der Waals surface area contributed by atoms with Gasteiger partial charge in [0.1, 0.15) is 0 Å². The second kappa shape index (κ2) is 11.9. The maximum Gasteiger partial charge on any atom is 0.469 e. The van der Waals surface area contributed by atoms with Crippen LogP contribution in [0.15, 0.2) is 12.2 Å². The first-order chi connectivity index (χ1) is 13.3. The topological polar surface area (TPSA) is 80.3 Å². The number of rotatable bonds is 13. The van der Waals surface area contributed by atoms with Crippen molar-refractivity contribution in [2.24, 2.45) is 0 Å². The fraction of sp³-hybridized carbons (Fsp3) is 0.789. The molecule has 0 aromatic carbocycles. The predicted octanol–water partition coefficient (Wildman–Crippen LogP) is 4.92. The molecule has 0 aliphatic heterocycles. The Morgan fingerprint density at radius 2 is 1.13 bits per heavy atom. The molecule has 0 aromatic heterocycles. The van der Waals surface area contributed by atoms with E-state index >= 15 is 0 Å². The molecule has 176 valence electrons. The molecule has 0 aliphatic rings. The van der Waals surface area contributed by atoms with Gasteiger partial charge in [-0.1, -0.05) is 0 Å². The van der Waals surface area contributed by atoms with Crippen LogP contribution < -0.4 is 0 Å². The van der Waals surface area contributed by atoms with E-state index in [1.54, 1.807) is 13.8 Å². The fourth-order valence-electron chi connectivity index (χ4n) is 2.53. The van der Waals surface area contributed by atoms with E-state index in [-0.39, 0.29) is 12.7 Å². The van der Waals surface area contributed by atoms with Gasteiger partial charge in [-0.25, -0.2) is 9.59 Å². The standard InChI is InChI=1S/C19H42O7Si4/c1-17(2)23-19(21)14-13-18(20)22-15-12-16-30(24-27(3,4)5,25-28(6,7)8)26-29(9,10)11/h13-14,17H,12,15-16H2,1-11H3/b14-13+. The Labute approximate surface area is 187 Å². The van der Waals surface area contributed by atoms with E-state index in [0.717, 1.165) is 12.2 Å². The van der Waals surface area contributed by atoms with Crippen LogP contribution in [0.1, 0.15) is 20.3 Å². The minimum atomic E-state index is -2.93. The summed E-state index contributed by atoms with van der Waals surface area (Å²) in [6.07, 6.45) is 2.51. The molecule has 0 rings (SSSR count). The molecule has 0 N–H and O–H groups in total. The summed E-state index contributed by atoms with van der Waals surface area (Å²) in [5, 5.41) is 0. The van der Waals surface area contributed by atoms with Crippen molar-refractivity contribution >= 4 is 45.7 Å². The lowest BCUT2D eigenvalue weighted by Crippen LogP contribution is -2.60. The van der Waals surface area contributed by atoms with Gasteiger partial charge in [0.15, 0.2) is 25.0 Å². The van der Waals surface area contributed by atoms with Crippen molar-refractivity contribution in [2.45, 2.75) is 91.3 Å². The van der Waals surface area contributed by atoms with Crippen LogP contribution in [0.25, 0.3) is 0 Å². The molecule has 30 heavy (non-hydrogen) atoms. The summed E-state index contributed by atoms with van der Waals surface area (Å²) in [5.41, 5.74) is 0. The van der Waals surface area contributed by atoms with Crippen LogP contribution in [-0.4, -0.2) is 58.4 Å². The average Bonchev–Trinajstić information content (AvgIpc) is 2.43. The predicted molar refractivity (Wildman–Crippen MR) is 130 cm³/mol. The first kappa shape index (κ1) is 29.4. The number of hydrogen-bond donors (Lipinski definition) is 0. The van der Waals surface area contributed by atoms with E-state index in [4.69, 9.17) is 21.8 Å². The van der Waals surface area contributed by atoms with Gasteiger partial charge in [0.25, 0.3) is 0 Å². The van der Waals surface area contributed by atoms with Gasteiger partial charge < -0.3 is 21.8 Å². The smallest absolute Gasteiger partial charge is 0.463 e. The van der Waals surface area contributed by atoms with Crippen molar-refractivity contribution < 1.29 is 31.4 Å². The zero-order chi connectivity index (χ0) is 23.8. The largest absolute Gasteiger partial charge is 0.469 e. The summed E-state index contributed by atoms with van der Waals surface area (Å²) in [6.45, 7) is 22.9. The van der Waals surface area contributed by atoms with Crippen molar-refractivity contribution in [2.75, 3.05) is 6.61 Å². The highest BCUT2D eigenvalue weighted by Gasteiger charge is 2.49. The van der Waals surface area contributed by atoms with Crippen molar-refractivity contribution in [3.63, 3.8) is 0 Å². The molecule has 0 aromatic rings. The number of carbonyl (C=O) groups excluding carboxylic acids is 2. The minimum Gasteiger partial charge on any atom is -0.463 e. The Bertz CT molecular complexity index is 546. The van der Waals surface area contributed by atoms with E-state index in [1.165, 1.54) is 0 Å². The second-order valence-corrected chi connectivity index (χ2v) is 27.4. The monoisotopic (exact) mass is 494 g/mol. The molecular weight excluding hydrogens is 453 g/mol. The molecule has 0 atom stereocenters. The summed E-state index contributed by atoms with van der Waals surface area (Å²) in [7, 11) is -8.71. The van der Waals surface area contributed by atoms with Gasteiger partial charge in [0.05, 0.1) is 12.7 Å². The van der Waals surface area contributed by atoms with E-state index < -0.39 is 45.7 Å². The molecule has 0 saturated carbocycles. The quantitative estimate of drug-likeness (QED) is 0.155. The number of hydrogen-bond acceptors (Lipinski definition) is 7. The van der Waals surface area contributed by atoms with Crippen molar-refractivity contribution in [3.8, 4) is 0 Å². The molecule has 0 saturated heterocycles. The summed E-state index contributed by atoms with van der Waals surface area (Å²) in [5.74, 6) is -1.14. The Morgan fingerprint density at radius 1 is 0.733 bits per heavy atom. The summed E-state index contributed by atoms with van der Waals surface area (Å²) in [4.78, 5) is 23.3. The number of esters is 2. The minimum absolute atomic E-state index is 0.205. The molecule has 0 spiro atoms. The lowest BCUT2D eigenvalue weighted by molar-refractivity contribution is -0.142. The van der Waals surface area contributed by atoms with E-state index in [1.807, 2.05) is 0 Å². The van der Waals surface area contributed by atoms with Crippen molar-refractivity contribution in [1.82, 2.24) is 0 Å². The number of ether oxygens (including phenoxy) is 2. The molecule has 0 heterocycles. The fourth-order valence-corrected chi connectivity index (χ4v) is 17.2. The SMILES string of the molecule is CC(C)OC(=O)/C=C/C(=O)OCCC[Si](O[Si](C)(C)C)(O[Si](C)(C)C)O[Si](C)(C)C. The molecule has 7 nitrogen and oxygen atoms in total. The maximum absolute atomic E-state index is 11.9. The van der Waals surface area contributed by atoms with Gasteiger partial charge >= 0.3 is 20.7 Å². The van der Waals surface area contributed by atoms with Crippen molar-refractivity contribution in [1.29, 1.82) is 0 Å². The van der Waals surface area contributed by atoms with Crippen LogP contribution in [0.4, 0.5) is 0 Å². The molecular formula is C19H42O7Si4. The Kier molecular flexibility index (Phi) is 11.7. The van der Waals surface area contributed by atoms with Gasteiger partial charge in [-0.2, -0.15) is 0 Å². The number of carbonyl (C=O) groups is 2. The molecule has 0 aliphatic carbocycles. The lowest BCUT2D eigenvalue weighted by atomic mass is 10.4. The van der Waals surface area contributed by atoms with E-state index in [2.05, 4.69) is 58.9 Å². The highest BCUT2D eigenvalue weighted by Crippen LogP contribution is 2.29. The molecule has 0 amide bonds. The highest BCUT2D eigenvalue weighted by atomic mass is 28.5. The van der Waals surface area contributed by atoms with Gasteiger partial charge in [-0.05, 0) is 79.2 Å². The van der Waals surface area contributed by atoms with Crippen LogP contribution in [-0.2, 0) is 31.4 Å². The van der Waals surface area contributed by atoms with Gasteiger partial charge in [0, 0.05) is 18.2 Å². The average molecular weight is 495 g/mol. The Morgan fingerprint density at radius 3 is 1.50 bits per heavy atom.